The number of aliphatic imine (C=N–C) groups is 1. The Labute approximate surface area is 104 Å². The van der Waals surface area contributed by atoms with Gasteiger partial charge in [0, 0.05) is 25.3 Å². The number of hydrogen-bond acceptors (Lipinski definition) is 3. The molecule has 0 aliphatic heterocycles. The molecule has 0 aromatic carbocycles. The van der Waals surface area contributed by atoms with E-state index in [1.54, 1.807) is 0 Å². The van der Waals surface area contributed by atoms with E-state index in [2.05, 4.69) is 22.7 Å². The van der Waals surface area contributed by atoms with E-state index in [1.165, 1.54) is 19.3 Å². The first kappa shape index (κ1) is 14.3. The maximum absolute atomic E-state index is 5.48. The van der Waals surface area contributed by atoms with E-state index >= 15 is 0 Å². The summed E-state index contributed by atoms with van der Waals surface area (Å²) in [7, 11) is 0. The van der Waals surface area contributed by atoms with Crippen molar-refractivity contribution >= 4 is 5.96 Å². The summed E-state index contributed by atoms with van der Waals surface area (Å²) in [5.41, 5.74) is 2.88. The topological polar surface area (TPSA) is 71.7 Å². The molecule has 1 aliphatic carbocycles. The Morgan fingerprint density at radius 1 is 1.41 bits per heavy atom. The average Bonchev–Trinajstić information content (AvgIpc) is 2.31. The van der Waals surface area contributed by atoms with Crippen molar-refractivity contribution in [1.29, 1.82) is 0 Å². The molecule has 0 bridgehead atoms. The Morgan fingerprint density at radius 3 is 2.65 bits per heavy atom. The Bertz CT molecular complexity index is 233. The van der Waals surface area contributed by atoms with Crippen LogP contribution in [-0.2, 0) is 4.74 Å². The first-order valence-corrected chi connectivity index (χ1v) is 6.63. The second-order valence-electron chi connectivity index (χ2n) is 4.54. The van der Waals surface area contributed by atoms with Crippen LogP contribution in [0.15, 0.2) is 4.99 Å². The summed E-state index contributed by atoms with van der Waals surface area (Å²) < 4.78 is 5.26. The van der Waals surface area contributed by atoms with Crippen LogP contribution >= 0.6 is 0 Å². The maximum atomic E-state index is 5.48. The molecule has 0 radical (unpaired) electrons. The summed E-state index contributed by atoms with van der Waals surface area (Å²) in [4.78, 5) is 4.42. The Hall–Kier alpha value is -0.810. The van der Waals surface area contributed by atoms with Crippen molar-refractivity contribution in [1.82, 2.24) is 10.7 Å². The van der Waals surface area contributed by atoms with Crippen molar-refractivity contribution in [2.24, 2.45) is 10.8 Å². The van der Waals surface area contributed by atoms with Crippen molar-refractivity contribution in [3.05, 3.63) is 0 Å². The van der Waals surface area contributed by atoms with Gasteiger partial charge < -0.3 is 10.1 Å². The van der Waals surface area contributed by atoms with Gasteiger partial charge in [-0.25, -0.2) is 5.84 Å². The molecule has 0 amide bonds. The van der Waals surface area contributed by atoms with Gasteiger partial charge >= 0.3 is 0 Å². The third-order valence-electron chi connectivity index (χ3n) is 3.43. The monoisotopic (exact) mass is 242 g/mol. The fourth-order valence-corrected chi connectivity index (χ4v) is 2.04. The second kappa shape index (κ2) is 7.50. The molecule has 0 saturated heterocycles. The number of nitrogens with one attached hydrogen (secondary N) is 2. The summed E-state index contributed by atoms with van der Waals surface area (Å²) >= 11 is 0. The van der Waals surface area contributed by atoms with Gasteiger partial charge in [0.05, 0.1) is 0 Å². The number of ether oxygens (including phenoxy) is 1. The van der Waals surface area contributed by atoms with Crippen LogP contribution in [-0.4, -0.2) is 31.3 Å². The van der Waals surface area contributed by atoms with E-state index in [4.69, 9.17) is 10.6 Å². The van der Waals surface area contributed by atoms with E-state index in [9.17, 15) is 0 Å². The zero-order valence-corrected chi connectivity index (χ0v) is 11.1. The first-order chi connectivity index (χ1) is 8.26. The number of rotatable bonds is 7. The summed E-state index contributed by atoms with van der Waals surface area (Å²) in [6, 6.07) is 0. The number of hydrogen-bond donors (Lipinski definition) is 3. The van der Waals surface area contributed by atoms with E-state index in [0.717, 1.165) is 32.6 Å². The summed E-state index contributed by atoms with van der Waals surface area (Å²) in [6.07, 6.45) is 5.77. The normalized spacial score (nSPS) is 18.6. The highest BCUT2D eigenvalue weighted by molar-refractivity contribution is 5.80. The Kier molecular flexibility index (Phi) is 6.29. The molecule has 1 fully saturated rings. The summed E-state index contributed by atoms with van der Waals surface area (Å²) in [5.74, 6) is 6.19. The maximum Gasteiger partial charge on any atom is 0.206 e. The molecule has 0 aromatic heterocycles. The van der Waals surface area contributed by atoms with Gasteiger partial charge in [0.2, 0.25) is 5.96 Å². The van der Waals surface area contributed by atoms with Gasteiger partial charge in [-0.1, -0.05) is 6.92 Å². The van der Waals surface area contributed by atoms with Crippen LogP contribution in [0.4, 0.5) is 0 Å². The highest BCUT2D eigenvalue weighted by Gasteiger charge is 2.35. The fraction of sp³-hybridized carbons (Fsp3) is 0.917. The molecular formula is C12H26N4O. The number of nitrogens with two attached hydrogens (primary N) is 1. The van der Waals surface area contributed by atoms with Gasteiger partial charge in [-0.05, 0) is 39.0 Å². The standard InChI is InChI=1S/C12H26N4O/c1-3-12(7-5-8-12)15-11(16-13)14-9-6-10-17-4-2/h3-10,13H2,1-2H3,(H2,14,15,16). The predicted octanol–water partition coefficient (Wildman–Crippen LogP) is 1.15. The van der Waals surface area contributed by atoms with Crippen LogP contribution in [0.5, 0.6) is 0 Å². The van der Waals surface area contributed by atoms with Crippen LogP contribution in [0, 0.1) is 0 Å². The molecule has 1 aliphatic rings. The highest BCUT2D eigenvalue weighted by atomic mass is 16.5. The van der Waals surface area contributed by atoms with Crippen molar-refractivity contribution in [2.45, 2.75) is 51.5 Å². The minimum absolute atomic E-state index is 0.227. The molecule has 5 nitrogen and oxygen atoms in total. The van der Waals surface area contributed by atoms with Crippen LogP contribution in [0.1, 0.15) is 46.0 Å². The third-order valence-corrected chi connectivity index (χ3v) is 3.43. The van der Waals surface area contributed by atoms with Gasteiger partial charge in [-0.2, -0.15) is 0 Å². The molecule has 100 valence electrons. The van der Waals surface area contributed by atoms with Gasteiger partial charge in [-0.15, -0.1) is 0 Å². The zero-order valence-electron chi connectivity index (χ0n) is 11.1. The van der Waals surface area contributed by atoms with Gasteiger partial charge in [0.25, 0.3) is 0 Å². The lowest BCUT2D eigenvalue weighted by Gasteiger charge is -2.42. The van der Waals surface area contributed by atoms with Gasteiger partial charge in [-0.3, -0.25) is 10.4 Å². The van der Waals surface area contributed by atoms with E-state index in [0.29, 0.717) is 5.96 Å². The molecule has 17 heavy (non-hydrogen) atoms. The average molecular weight is 242 g/mol. The Balaban J connectivity index is 2.29. The van der Waals surface area contributed by atoms with Crippen molar-refractivity contribution in [2.75, 3.05) is 19.8 Å². The van der Waals surface area contributed by atoms with E-state index in [1.807, 2.05) is 6.92 Å². The van der Waals surface area contributed by atoms with Crippen LogP contribution in [0.25, 0.3) is 0 Å². The minimum atomic E-state index is 0.227. The highest BCUT2D eigenvalue weighted by Crippen LogP contribution is 2.34. The van der Waals surface area contributed by atoms with Crippen molar-refractivity contribution in [3.63, 3.8) is 0 Å². The number of hydrazine groups is 1. The van der Waals surface area contributed by atoms with Crippen molar-refractivity contribution < 1.29 is 4.74 Å². The number of guanidine groups is 1. The minimum Gasteiger partial charge on any atom is -0.382 e. The predicted molar refractivity (Wildman–Crippen MR) is 70.7 cm³/mol. The summed E-state index contributed by atoms with van der Waals surface area (Å²) in [5, 5.41) is 3.43. The lowest BCUT2D eigenvalue weighted by atomic mass is 9.75. The quantitative estimate of drug-likeness (QED) is 0.206. The fourth-order valence-electron chi connectivity index (χ4n) is 2.04. The lowest BCUT2D eigenvalue weighted by Crippen LogP contribution is -2.57. The molecular weight excluding hydrogens is 216 g/mol. The number of nitrogens with zero attached hydrogens (tertiary/aromatic N) is 1. The Morgan fingerprint density at radius 2 is 2.18 bits per heavy atom. The molecule has 4 N–H and O–H groups in total. The largest absolute Gasteiger partial charge is 0.382 e. The molecule has 0 spiro atoms. The van der Waals surface area contributed by atoms with Crippen LogP contribution in [0.2, 0.25) is 0 Å². The SMILES string of the molecule is CCOCCCN=C(NN)NC1(CC)CCC1. The van der Waals surface area contributed by atoms with Crippen LogP contribution in [0.3, 0.4) is 0 Å². The summed E-state index contributed by atoms with van der Waals surface area (Å²) in [6.45, 7) is 6.47. The van der Waals surface area contributed by atoms with Crippen LogP contribution < -0.4 is 16.6 Å². The molecule has 0 aromatic rings. The third kappa shape index (κ3) is 4.52. The molecule has 5 heteroatoms. The molecule has 1 rings (SSSR count). The van der Waals surface area contributed by atoms with E-state index in [-0.39, 0.29) is 5.54 Å². The zero-order chi connectivity index (χ0) is 12.6. The van der Waals surface area contributed by atoms with Crippen molar-refractivity contribution in [3.8, 4) is 0 Å². The molecule has 1 saturated carbocycles. The second-order valence-corrected chi connectivity index (χ2v) is 4.54. The molecule has 0 heterocycles. The molecule has 0 unspecified atom stereocenters. The van der Waals surface area contributed by atoms with Gasteiger partial charge in [0.1, 0.15) is 0 Å². The van der Waals surface area contributed by atoms with E-state index < -0.39 is 0 Å². The smallest absolute Gasteiger partial charge is 0.206 e. The molecule has 0 atom stereocenters. The first-order valence-electron chi connectivity index (χ1n) is 6.63. The van der Waals surface area contributed by atoms with Gasteiger partial charge in [0.15, 0.2) is 0 Å². The lowest BCUT2D eigenvalue weighted by molar-refractivity contribution is 0.146.